The lowest BCUT2D eigenvalue weighted by Gasteiger charge is -2.13. The van der Waals surface area contributed by atoms with Gasteiger partial charge in [0, 0.05) is 0 Å². The van der Waals surface area contributed by atoms with Gasteiger partial charge in [-0.2, -0.15) is 11.8 Å². The second-order valence-corrected chi connectivity index (χ2v) is 5.38. The van der Waals surface area contributed by atoms with E-state index in [0.29, 0.717) is 0 Å². The van der Waals surface area contributed by atoms with Crippen LogP contribution in [0.3, 0.4) is 0 Å². The van der Waals surface area contributed by atoms with E-state index in [9.17, 15) is 4.79 Å². The average molecular weight is 261 g/mol. The second-order valence-electron chi connectivity index (χ2n) is 4.39. The quantitative estimate of drug-likeness (QED) is 0.530. The highest BCUT2D eigenvalue weighted by molar-refractivity contribution is 7.98. The van der Waals surface area contributed by atoms with Crippen LogP contribution in [-0.2, 0) is 4.79 Å². The molecule has 0 aromatic rings. The number of carboxylic acids is 1. The van der Waals surface area contributed by atoms with Crippen molar-refractivity contribution in [2.24, 2.45) is 0 Å². The van der Waals surface area contributed by atoms with Crippen LogP contribution in [-0.4, -0.2) is 35.7 Å². The highest BCUT2D eigenvalue weighted by atomic mass is 32.2. The van der Waals surface area contributed by atoms with Gasteiger partial charge in [-0.15, -0.1) is 0 Å². The van der Waals surface area contributed by atoms with E-state index in [1.807, 2.05) is 11.8 Å². The molecule has 0 heterocycles. The molecule has 1 atom stereocenters. The molecule has 0 spiro atoms. The Bertz CT molecular complexity index is 188. The van der Waals surface area contributed by atoms with Crippen molar-refractivity contribution in [2.45, 2.75) is 57.9 Å². The molecule has 0 rings (SSSR count). The summed E-state index contributed by atoms with van der Waals surface area (Å²) in [5, 5.41) is 12.1. The van der Waals surface area contributed by atoms with E-state index in [1.165, 1.54) is 25.0 Å². The van der Waals surface area contributed by atoms with Crippen molar-refractivity contribution in [1.82, 2.24) is 5.32 Å². The van der Waals surface area contributed by atoms with Gasteiger partial charge in [0.25, 0.3) is 0 Å². The summed E-state index contributed by atoms with van der Waals surface area (Å²) in [6, 6.07) is -0.346. The number of hydrogen-bond donors (Lipinski definition) is 2. The summed E-state index contributed by atoms with van der Waals surface area (Å²) < 4.78 is 0. The standard InChI is InChI=1S/C13H27NO2S/c1-3-4-9-12(13(15)16)14-10-7-5-6-8-11-17-2/h12,14H,3-11H2,1-2H3,(H,15,16). The number of hydrogen-bond acceptors (Lipinski definition) is 3. The zero-order valence-electron chi connectivity index (χ0n) is 11.2. The van der Waals surface area contributed by atoms with E-state index in [4.69, 9.17) is 5.11 Å². The minimum atomic E-state index is -0.708. The molecular weight excluding hydrogens is 234 g/mol. The lowest BCUT2D eigenvalue weighted by molar-refractivity contribution is -0.139. The van der Waals surface area contributed by atoms with Crippen LogP contribution in [0.1, 0.15) is 51.9 Å². The Hall–Kier alpha value is -0.220. The Morgan fingerprint density at radius 2 is 1.94 bits per heavy atom. The van der Waals surface area contributed by atoms with E-state index >= 15 is 0 Å². The Labute approximate surface area is 110 Å². The summed E-state index contributed by atoms with van der Waals surface area (Å²) >= 11 is 1.89. The third kappa shape index (κ3) is 10.6. The van der Waals surface area contributed by atoms with E-state index in [-0.39, 0.29) is 6.04 Å². The Morgan fingerprint density at radius 1 is 1.24 bits per heavy atom. The summed E-state index contributed by atoms with van der Waals surface area (Å²) in [6.07, 6.45) is 9.75. The Balaban J connectivity index is 3.44. The predicted molar refractivity (Wildman–Crippen MR) is 75.8 cm³/mol. The van der Waals surface area contributed by atoms with Gasteiger partial charge in [-0.3, -0.25) is 4.79 Å². The first-order valence-corrected chi connectivity index (χ1v) is 8.06. The minimum absolute atomic E-state index is 0.346. The maximum atomic E-state index is 10.9. The van der Waals surface area contributed by atoms with E-state index in [0.717, 1.165) is 32.2 Å². The highest BCUT2D eigenvalue weighted by Gasteiger charge is 2.14. The number of thioether (sulfide) groups is 1. The lowest BCUT2D eigenvalue weighted by Crippen LogP contribution is -2.37. The molecule has 0 saturated carbocycles. The van der Waals surface area contributed by atoms with Gasteiger partial charge in [0.15, 0.2) is 0 Å². The molecule has 0 aliphatic carbocycles. The van der Waals surface area contributed by atoms with Crippen LogP contribution < -0.4 is 5.32 Å². The van der Waals surface area contributed by atoms with Crippen molar-refractivity contribution < 1.29 is 9.90 Å². The topological polar surface area (TPSA) is 49.3 Å². The second kappa shape index (κ2) is 12.2. The first-order chi connectivity index (χ1) is 8.22. The summed E-state index contributed by atoms with van der Waals surface area (Å²) in [4.78, 5) is 10.9. The third-order valence-corrected chi connectivity index (χ3v) is 3.51. The Morgan fingerprint density at radius 3 is 2.53 bits per heavy atom. The molecule has 0 saturated heterocycles. The highest BCUT2D eigenvalue weighted by Crippen LogP contribution is 2.05. The van der Waals surface area contributed by atoms with E-state index < -0.39 is 5.97 Å². The number of rotatable bonds is 12. The van der Waals surface area contributed by atoms with Crippen LogP contribution in [0.4, 0.5) is 0 Å². The number of aliphatic carboxylic acids is 1. The molecule has 1 unspecified atom stereocenters. The fourth-order valence-corrected chi connectivity index (χ4v) is 2.22. The molecule has 0 amide bonds. The molecule has 0 aliphatic heterocycles. The number of carbonyl (C=O) groups is 1. The predicted octanol–water partition coefficient (Wildman–Crippen LogP) is 3.14. The SMILES string of the molecule is CCCCC(NCCCCCCSC)C(=O)O. The molecule has 0 fully saturated rings. The molecule has 0 aromatic heterocycles. The summed E-state index contributed by atoms with van der Waals surface area (Å²) in [7, 11) is 0. The minimum Gasteiger partial charge on any atom is -0.480 e. The number of unbranched alkanes of at least 4 members (excludes halogenated alkanes) is 4. The molecule has 0 radical (unpaired) electrons. The van der Waals surface area contributed by atoms with Crippen molar-refractivity contribution in [3.05, 3.63) is 0 Å². The Kier molecular flexibility index (Phi) is 12.1. The zero-order valence-corrected chi connectivity index (χ0v) is 12.0. The van der Waals surface area contributed by atoms with Crippen LogP contribution in [0.25, 0.3) is 0 Å². The van der Waals surface area contributed by atoms with Gasteiger partial charge in [-0.25, -0.2) is 0 Å². The number of nitrogens with one attached hydrogen (secondary N) is 1. The molecule has 0 bridgehead atoms. The summed E-state index contributed by atoms with van der Waals surface area (Å²) in [5.41, 5.74) is 0. The molecule has 4 heteroatoms. The van der Waals surface area contributed by atoms with Gasteiger partial charge in [0.1, 0.15) is 6.04 Å². The largest absolute Gasteiger partial charge is 0.480 e. The van der Waals surface area contributed by atoms with Gasteiger partial charge in [0.2, 0.25) is 0 Å². The van der Waals surface area contributed by atoms with Crippen LogP contribution >= 0.6 is 11.8 Å². The average Bonchev–Trinajstić information content (AvgIpc) is 2.31. The van der Waals surface area contributed by atoms with E-state index in [1.54, 1.807) is 0 Å². The van der Waals surface area contributed by atoms with Gasteiger partial charge in [-0.05, 0) is 37.8 Å². The fourth-order valence-electron chi connectivity index (χ4n) is 1.72. The molecule has 17 heavy (non-hydrogen) atoms. The molecule has 0 aromatic carbocycles. The van der Waals surface area contributed by atoms with Crippen LogP contribution in [0.2, 0.25) is 0 Å². The van der Waals surface area contributed by atoms with Crippen LogP contribution in [0.5, 0.6) is 0 Å². The van der Waals surface area contributed by atoms with Crippen LogP contribution in [0, 0.1) is 0 Å². The molecule has 2 N–H and O–H groups in total. The fraction of sp³-hybridized carbons (Fsp3) is 0.923. The van der Waals surface area contributed by atoms with Gasteiger partial charge >= 0.3 is 5.97 Å². The normalized spacial score (nSPS) is 12.6. The molecule has 3 nitrogen and oxygen atoms in total. The zero-order chi connectivity index (χ0) is 12.9. The first kappa shape index (κ1) is 16.8. The molecule has 102 valence electrons. The summed E-state index contributed by atoms with van der Waals surface area (Å²) in [6.45, 7) is 2.92. The van der Waals surface area contributed by atoms with Crippen molar-refractivity contribution in [2.75, 3.05) is 18.6 Å². The van der Waals surface area contributed by atoms with Gasteiger partial charge < -0.3 is 10.4 Å². The van der Waals surface area contributed by atoms with E-state index in [2.05, 4.69) is 18.5 Å². The van der Waals surface area contributed by atoms with Crippen LogP contribution in [0.15, 0.2) is 0 Å². The van der Waals surface area contributed by atoms with Gasteiger partial charge in [0.05, 0.1) is 0 Å². The van der Waals surface area contributed by atoms with Crippen molar-refractivity contribution in [3.63, 3.8) is 0 Å². The molecular formula is C13H27NO2S. The van der Waals surface area contributed by atoms with Gasteiger partial charge in [-0.1, -0.05) is 32.6 Å². The lowest BCUT2D eigenvalue weighted by atomic mass is 10.1. The number of carboxylic acid groups (broad SMARTS) is 1. The summed E-state index contributed by atoms with van der Waals surface area (Å²) in [5.74, 6) is 0.530. The van der Waals surface area contributed by atoms with Crippen molar-refractivity contribution in [3.8, 4) is 0 Å². The first-order valence-electron chi connectivity index (χ1n) is 6.67. The molecule has 0 aliphatic rings. The van der Waals surface area contributed by atoms with Crippen molar-refractivity contribution >= 4 is 17.7 Å². The third-order valence-electron chi connectivity index (χ3n) is 2.81. The maximum absolute atomic E-state index is 10.9. The monoisotopic (exact) mass is 261 g/mol. The van der Waals surface area contributed by atoms with Crippen molar-refractivity contribution in [1.29, 1.82) is 0 Å². The maximum Gasteiger partial charge on any atom is 0.320 e. The smallest absolute Gasteiger partial charge is 0.320 e.